The van der Waals surface area contributed by atoms with Gasteiger partial charge in [-0.25, -0.2) is 4.98 Å². The molecule has 2 aromatic rings. The molecule has 0 N–H and O–H groups in total. The zero-order valence-corrected chi connectivity index (χ0v) is 8.60. The maximum Gasteiger partial charge on any atom is 0.131 e. The van der Waals surface area contributed by atoms with E-state index in [1.54, 1.807) is 23.3 Å². The van der Waals surface area contributed by atoms with Crippen LogP contribution in [0.4, 0.5) is 0 Å². The average molecular weight is 198 g/mol. The monoisotopic (exact) mass is 198 g/mol. The Morgan fingerprint density at radius 2 is 2.00 bits per heavy atom. The molecule has 0 radical (unpaired) electrons. The van der Waals surface area contributed by atoms with Crippen molar-refractivity contribution >= 4 is 0 Å². The van der Waals surface area contributed by atoms with Crippen LogP contribution in [-0.2, 0) is 7.05 Å². The molecule has 0 bridgehead atoms. The Balaban J connectivity index is 2.22. The molecule has 2 rings (SSSR count). The highest BCUT2D eigenvalue weighted by Crippen LogP contribution is 1.95. The second-order valence-electron chi connectivity index (χ2n) is 3.20. The first kappa shape index (κ1) is 9.41. The number of nitrogens with zero attached hydrogens (tertiary/aromatic N) is 4. The Morgan fingerprint density at radius 1 is 1.13 bits per heavy atom. The zero-order chi connectivity index (χ0) is 10.7. The van der Waals surface area contributed by atoms with Crippen LogP contribution in [0.15, 0.2) is 24.8 Å². The molecule has 0 spiro atoms. The molecule has 0 unspecified atom stereocenters. The van der Waals surface area contributed by atoms with Crippen LogP contribution in [0, 0.1) is 18.8 Å². The third-order valence-corrected chi connectivity index (χ3v) is 1.82. The van der Waals surface area contributed by atoms with Gasteiger partial charge in [0.05, 0.1) is 23.7 Å². The van der Waals surface area contributed by atoms with E-state index in [1.165, 1.54) is 0 Å². The normalized spacial score (nSPS) is 9.47. The number of hydrogen-bond acceptors (Lipinski definition) is 3. The maximum absolute atomic E-state index is 4.14. The average Bonchev–Trinajstić information content (AvgIpc) is 2.64. The SMILES string of the molecule is Cc1cnc(C#Cc2cnn(C)c2)cn1. The summed E-state index contributed by atoms with van der Waals surface area (Å²) in [6.07, 6.45) is 6.94. The molecule has 4 nitrogen and oxygen atoms in total. The predicted molar refractivity (Wildman–Crippen MR) is 56.0 cm³/mol. The van der Waals surface area contributed by atoms with Gasteiger partial charge in [0, 0.05) is 19.4 Å². The fraction of sp³-hybridized carbons (Fsp3) is 0.182. The molecule has 0 aromatic carbocycles. The van der Waals surface area contributed by atoms with E-state index in [1.807, 2.05) is 20.2 Å². The van der Waals surface area contributed by atoms with Gasteiger partial charge in [0.15, 0.2) is 0 Å². The quantitative estimate of drug-likeness (QED) is 0.591. The third-order valence-electron chi connectivity index (χ3n) is 1.82. The van der Waals surface area contributed by atoms with Crippen molar-refractivity contribution in [3.63, 3.8) is 0 Å². The van der Waals surface area contributed by atoms with Crippen LogP contribution in [0.25, 0.3) is 0 Å². The maximum atomic E-state index is 4.14. The first-order valence-electron chi connectivity index (χ1n) is 4.53. The molecule has 74 valence electrons. The van der Waals surface area contributed by atoms with E-state index < -0.39 is 0 Å². The van der Waals surface area contributed by atoms with Crippen molar-refractivity contribution in [3.8, 4) is 11.8 Å². The summed E-state index contributed by atoms with van der Waals surface area (Å²) in [6, 6.07) is 0. The summed E-state index contributed by atoms with van der Waals surface area (Å²) in [5, 5.41) is 4.02. The van der Waals surface area contributed by atoms with Crippen LogP contribution >= 0.6 is 0 Å². The van der Waals surface area contributed by atoms with Crippen LogP contribution in [0.1, 0.15) is 17.0 Å². The molecule has 0 fully saturated rings. The largest absolute Gasteiger partial charge is 0.275 e. The lowest BCUT2D eigenvalue weighted by molar-refractivity contribution is 0.767. The minimum absolute atomic E-state index is 0.671. The van der Waals surface area contributed by atoms with Crippen molar-refractivity contribution in [1.82, 2.24) is 19.7 Å². The number of aromatic nitrogens is 4. The fourth-order valence-corrected chi connectivity index (χ4v) is 1.08. The predicted octanol–water partition coefficient (Wildman–Crippen LogP) is 0.918. The summed E-state index contributed by atoms with van der Waals surface area (Å²) in [5.74, 6) is 5.89. The van der Waals surface area contributed by atoms with E-state index in [0.29, 0.717) is 5.69 Å². The van der Waals surface area contributed by atoms with Crippen LogP contribution in [-0.4, -0.2) is 19.7 Å². The summed E-state index contributed by atoms with van der Waals surface area (Å²) in [6.45, 7) is 1.89. The lowest BCUT2D eigenvalue weighted by atomic mass is 10.3. The molecular formula is C11H10N4. The highest BCUT2D eigenvalue weighted by molar-refractivity contribution is 5.36. The smallest absolute Gasteiger partial charge is 0.131 e. The van der Waals surface area contributed by atoms with E-state index in [4.69, 9.17) is 0 Å². The summed E-state index contributed by atoms with van der Waals surface area (Å²) >= 11 is 0. The molecule has 0 aliphatic rings. The van der Waals surface area contributed by atoms with E-state index >= 15 is 0 Å². The highest BCUT2D eigenvalue weighted by Gasteiger charge is 1.91. The van der Waals surface area contributed by atoms with E-state index in [0.717, 1.165) is 11.3 Å². The Labute approximate surface area is 88.0 Å². The van der Waals surface area contributed by atoms with Crippen molar-refractivity contribution < 1.29 is 0 Å². The van der Waals surface area contributed by atoms with Gasteiger partial charge in [-0.05, 0) is 12.8 Å². The minimum Gasteiger partial charge on any atom is -0.275 e. The fourth-order valence-electron chi connectivity index (χ4n) is 1.08. The topological polar surface area (TPSA) is 43.6 Å². The lowest BCUT2D eigenvalue weighted by Crippen LogP contribution is -1.86. The first-order valence-corrected chi connectivity index (χ1v) is 4.53. The van der Waals surface area contributed by atoms with Gasteiger partial charge in [0.25, 0.3) is 0 Å². The molecule has 0 aliphatic carbocycles. The van der Waals surface area contributed by atoms with Gasteiger partial charge in [-0.2, -0.15) is 5.10 Å². The summed E-state index contributed by atoms with van der Waals surface area (Å²) in [4.78, 5) is 8.25. The van der Waals surface area contributed by atoms with Crippen molar-refractivity contribution in [1.29, 1.82) is 0 Å². The standard InChI is InChI=1S/C11H10N4/c1-9-5-13-11(7-12-9)4-3-10-6-14-15(2)8-10/h5-8H,1-2H3. The lowest BCUT2D eigenvalue weighted by Gasteiger charge is -1.89. The minimum atomic E-state index is 0.671. The van der Waals surface area contributed by atoms with Gasteiger partial charge in [-0.1, -0.05) is 5.92 Å². The Kier molecular flexibility index (Phi) is 2.46. The molecule has 2 aromatic heterocycles. The first-order chi connectivity index (χ1) is 7.24. The van der Waals surface area contributed by atoms with Gasteiger partial charge < -0.3 is 0 Å². The van der Waals surface area contributed by atoms with Gasteiger partial charge in [-0.15, -0.1) is 0 Å². The Morgan fingerprint density at radius 3 is 2.60 bits per heavy atom. The van der Waals surface area contributed by atoms with Crippen molar-refractivity contribution in [2.75, 3.05) is 0 Å². The van der Waals surface area contributed by atoms with E-state index in [2.05, 4.69) is 26.9 Å². The molecule has 0 saturated carbocycles. The van der Waals surface area contributed by atoms with Gasteiger partial charge in [0.1, 0.15) is 5.69 Å². The summed E-state index contributed by atoms with van der Waals surface area (Å²) < 4.78 is 1.71. The summed E-state index contributed by atoms with van der Waals surface area (Å²) in [5.41, 5.74) is 2.44. The molecule has 0 saturated heterocycles. The van der Waals surface area contributed by atoms with Crippen LogP contribution in [0.5, 0.6) is 0 Å². The van der Waals surface area contributed by atoms with Gasteiger partial charge in [-0.3, -0.25) is 9.67 Å². The molecule has 15 heavy (non-hydrogen) atoms. The van der Waals surface area contributed by atoms with Gasteiger partial charge in [0.2, 0.25) is 0 Å². The zero-order valence-electron chi connectivity index (χ0n) is 8.60. The Bertz CT molecular complexity index is 514. The second-order valence-corrected chi connectivity index (χ2v) is 3.20. The molecular weight excluding hydrogens is 188 g/mol. The van der Waals surface area contributed by atoms with E-state index in [-0.39, 0.29) is 0 Å². The molecule has 0 atom stereocenters. The van der Waals surface area contributed by atoms with Crippen LogP contribution in [0.3, 0.4) is 0 Å². The number of rotatable bonds is 0. The van der Waals surface area contributed by atoms with Crippen LogP contribution < -0.4 is 0 Å². The van der Waals surface area contributed by atoms with Crippen LogP contribution in [0.2, 0.25) is 0 Å². The van der Waals surface area contributed by atoms with Crippen molar-refractivity contribution in [3.05, 3.63) is 41.7 Å². The second kappa shape index (κ2) is 3.93. The summed E-state index contributed by atoms with van der Waals surface area (Å²) in [7, 11) is 1.86. The Hall–Kier alpha value is -2.15. The third kappa shape index (κ3) is 2.41. The van der Waals surface area contributed by atoms with Crippen molar-refractivity contribution in [2.45, 2.75) is 6.92 Å². The molecule has 4 heteroatoms. The number of aryl methyl sites for hydroxylation is 2. The van der Waals surface area contributed by atoms with Crippen molar-refractivity contribution in [2.24, 2.45) is 7.05 Å². The molecule has 2 heterocycles. The molecule has 0 aliphatic heterocycles. The van der Waals surface area contributed by atoms with E-state index in [9.17, 15) is 0 Å². The molecule has 0 amide bonds. The highest BCUT2D eigenvalue weighted by atomic mass is 15.2. The van der Waals surface area contributed by atoms with Gasteiger partial charge >= 0.3 is 0 Å². The number of hydrogen-bond donors (Lipinski definition) is 0.